The Hall–Kier alpha value is -2.34. The monoisotopic (exact) mass is 383 g/mol. The number of rotatable bonds is 3. The first-order valence-corrected chi connectivity index (χ1v) is 10.5. The zero-order chi connectivity index (χ0) is 18.6. The first-order valence-electron chi connectivity index (χ1n) is 9.67. The Balaban J connectivity index is 1.32. The van der Waals surface area contributed by atoms with Crippen LogP contribution in [0.15, 0.2) is 47.8 Å². The molecule has 5 nitrogen and oxygen atoms in total. The molecule has 0 unspecified atom stereocenters. The van der Waals surface area contributed by atoms with E-state index in [-0.39, 0.29) is 23.9 Å². The molecule has 142 valence electrons. The fourth-order valence-corrected chi connectivity index (χ4v) is 4.97. The number of piperidine rings is 1. The molecule has 0 aliphatic carbocycles. The summed E-state index contributed by atoms with van der Waals surface area (Å²) in [4.78, 5) is 30.7. The number of benzene rings is 1. The predicted octanol–water partition coefficient (Wildman–Crippen LogP) is 4.36. The number of nitrogens with zero attached hydrogens (tertiary/aromatic N) is 2. The third kappa shape index (κ3) is 4.00. The van der Waals surface area contributed by atoms with Crippen LogP contribution in [-0.2, 0) is 4.79 Å². The zero-order valence-corrected chi connectivity index (χ0v) is 16.2. The van der Waals surface area contributed by atoms with Crippen molar-refractivity contribution in [2.75, 3.05) is 25.0 Å². The number of likely N-dealkylation sites (tertiary alicyclic amines) is 2. The molecule has 3 heterocycles. The van der Waals surface area contributed by atoms with Gasteiger partial charge in [-0.05, 0) is 49.3 Å². The number of urea groups is 1. The average molecular weight is 384 g/mol. The van der Waals surface area contributed by atoms with E-state index in [0.29, 0.717) is 13.1 Å². The number of amides is 3. The molecule has 1 N–H and O–H groups in total. The van der Waals surface area contributed by atoms with Gasteiger partial charge >= 0.3 is 6.03 Å². The first kappa shape index (κ1) is 18.0. The second kappa shape index (κ2) is 8.13. The summed E-state index contributed by atoms with van der Waals surface area (Å²) in [5.41, 5.74) is 0.802. The van der Waals surface area contributed by atoms with Crippen molar-refractivity contribution >= 4 is 29.0 Å². The van der Waals surface area contributed by atoms with Crippen LogP contribution >= 0.6 is 11.3 Å². The highest BCUT2D eigenvalue weighted by atomic mass is 32.1. The molecule has 0 bridgehead atoms. The first-order chi connectivity index (χ1) is 13.2. The Morgan fingerprint density at radius 2 is 1.74 bits per heavy atom. The molecule has 1 aromatic heterocycles. The number of para-hydroxylation sites is 1. The number of nitrogens with one attached hydrogen (secondary N) is 1. The van der Waals surface area contributed by atoms with Crippen molar-refractivity contribution in [2.24, 2.45) is 5.92 Å². The molecule has 2 aromatic rings. The van der Waals surface area contributed by atoms with Crippen molar-refractivity contribution in [3.63, 3.8) is 0 Å². The van der Waals surface area contributed by atoms with Crippen LogP contribution in [0.1, 0.15) is 36.6 Å². The van der Waals surface area contributed by atoms with Crippen molar-refractivity contribution < 1.29 is 9.59 Å². The van der Waals surface area contributed by atoms with Crippen molar-refractivity contribution in [3.05, 3.63) is 52.7 Å². The molecule has 1 atom stereocenters. The van der Waals surface area contributed by atoms with E-state index in [2.05, 4.69) is 27.7 Å². The lowest BCUT2D eigenvalue weighted by Gasteiger charge is -2.34. The van der Waals surface area contributed by atoms with E-state index < -0.39 is 0 Å². The maximum atomic E-state index is 13.1. The van der Waals surface area contributed by atoms with Gasteiger partial charge in [-0.15, -0.1) is 11.3 Å². The fraction of sp³-hybridized carbons (Fsp3) is 0.429. The van der Waals surface area contributed by atoms with Gasteiger partial charge in [0, 0.05) is 36.1 Å². The number of carbonyl (C=O) groups excluding carboxylic acids is 2. The molecule has 1 aromatic carbocycles. The predicted molar refractivity (Wildman–Crippen MR) is 108 cm³/mol. The zero-order valence-electron chi connectivity index (χ0n) is 15.3. The Labute approximate surface area is 164 Å². The maximum Gasteiger partial charge on any atom is 0.321 e. The lowest BCUT2D eigenvalue weighted by molar-refractivity contribution is -0.137. The molecule has 0 spiro atoms. The molecule has 4 rings (SSSR count). The van der Waals surface area contributed by atoms with Gasteiger partial charge < -0.3 is 15.1 Å². The van der Waals surface area contributed by atoms with Crippen LogP contribution in [0.3, 0.4) is 0 Å². The van der Waals surface area contributed by atoms with E-state index in [4.69, 9.17) is 0 Å². The minimum absolute atomic E-state index is 0.0336. The van der Waals surface area contributed by atoms with Crippen LogP contribution in [0.4, 0.5) is 10.5 Å². The van der Waals surface area contributed by atoms with E-state index in [1.54, 1.807) is 11.3 Å². The van der Waals surface area contributed by atoms with Crippen LogP contribution in [0.5, 0.6) is 0 Å². The highest BCUT2D eigenvalue weighted by molar-refractivity contribution is 7.10. The summed E-state index contributed by atoms with van der Waals surface area (Å²) in [6, 6.07) is 13.9. The number of thiophene rings is 1. The van der Waals surface area contributed by atoms with Crippen molar-refractivity contribution in [3.8, 4) is 0 Å². The quantitative estimate of drug-likeness (QED) is 0.856. The Bertz CT molecular complexity index is 770. The van der Waals surface area contributed by atoms with Gasteiger partial charge in [0.1, 0.15) is 0 Å². The number of hydrogen-bond donors (Lipinski definition) is 1. The maximum absolute atomic E-state index is 13.1. The normalized spacial score (nSPS) is 20.7. The van der Waals surface area contributed by atoms with Gasteiger partial charge in [-0.2, -0.15) is 0 Å². The van der Waals surface area contributed by atoms with E-state index >= 15 is 0 Å². The molecule has 2 aliphatic heterocycles. The van der Waals surface area contributed by atoms with Gasteiger partial charge in [0.15, 0.2) is 0 Å². The largest absolute Gasteiger partial charge is 0.335 e. The second-order valence-corrected chi connectivity index (χ2v) is 8.24. The van der Waals surface area contributed by atoms with E-state index in [1.165, 1.54) is 4.88 Å². The lowest BCUT2D eigenvalue weighted by atomic mass is 9.95. The van der Waals surface area contributed by atoms with Gasteiger partial charge in [-0.25, -0.2) is 4.79 Å². The Morgan fingerprint density at radius 3 is 2.44 bits per heavy atom. The summed E-state index contributed by atoms with van der Waals surface area (Å²) < 4.78 is 0. The molecule has 2 saturated heterocycles. The average Bonchev–Trinajstić information content (AvgIpc) is 3.40. The lowest BCUT2D eigenvalue weighted by Crippen LogP contribution is -2.45. The van der Waals surface area contributed by atoms with E-state index in [9.17, 15) is 9.59 Å². The topological polar surface area (TPSA) is 52.7 Å². The molecule has 0 radical (unpaired) electrons. The van der Waals surface area contributed by atoms with Gasteiger partial charge in [0.05, 0.1) is 6.04 Å². The van der Waals surface area contributed by atoms with Crippen molar-refractivity contribution in [2.45, 2.75) is 31.7 Å². The molecular formula is C21H25N3O2S. The third-order valence-electron chi connectivity index (χ3n) is 5.56. The fourth-order valence-electron chi connectivity index (χ4n) is 4.10. The minimum atomic E-state index is -0.0790. The highest BCUT2D eigenvalue weighted by Gasteiger charge is 2.36. The second-order valence-electron chi connectivity index (χ2n) is 7.26. The minimum Gasteiger partial charge on any atom is -0.335 e. The molecule has 6 heteroatoms. The Morgan fingerprint density at radius 1 is 0.963 bits per heavy atom. The molecular weight excluding hydrogens is 358 g/mol. The van der Waals surface area contributed by atoms with E-state index in [0.717, 1.165) is 37.9 Å². The van der Waals surface area contributed by atoms with Crippen LogP contribution in [0.25, 0.3) is 0 Å². The summed E-state index contributed by atoms with van der Waals surface area (Å²) in [6.45, 7) is 2.12. The van der Waals surface area contributed by atoms with Crippen molar-refractivity contribution in [1.29, 1.82) is 0 Å². The van der Waals surface area contributed by atoms with Crippen LogP contribution in [0.2, 0.25) is 0 Å². The van der Waals surface area contributed by atoms with Crippen LogP contribution in [0, 0.1) is 5.92 Å². The van der Waals surface area contributed by atoms with Gasteiger partial charge in [-0.1, -0.05) is 24.3 Å². The standard InChI is InChI=1S/C21H25N3O2S/c25-20(24-12-4-8-18(24)19-9-5-15-27-19)16-10-13-23(14-11-16)21(26)22-17-6-2-1-3-7-17/h1-3,5-7,9,15-16,18H,4,8,10-14H2,(H,22,26)/t18-/m0/s1. The Kier molecular flexibility index (Phi) is 5.43. The summed E-state index contributed by atoms with van der Waals surface area (Å²) >= 11 is 1.74. The van der Waals surface area contributed by atoms with Crippen LogP contribution in [-0.4, -0.2) is 41.4 Å². The summed E-state index contributed by atoms with van der Waals surface area (Å²) in [7, 11) is 0. The number of carbonyl (C=O) groups is 2. The van der Waals surface area contributed by atoms with Gasteiger partial charge in [0.2, 0.25) is 5.91 Å². The molecule has 27 heavy (non-hydrogen) atoms. The number of hydrogen-bond acceptors (Lipinski definition) is 3. The summed E-state index contributed by atoms with van der Waals surface area (Å²) in [6.07, 6.45) is 3.63. The summed E-state index contributed by atoms with van der Waals surface area (Å²) in [5.74, 6) is 0.306. The van der Waals surface area contributed by atoms with Crippen molar-refractivity contribution in [1.82, 2.24) is 9.80 Å². The summed E-state index contributed by atoms with van der Waals surface area (Å²) in [5, 5.41) is 5.01. The van der Waals surface area contributed by atoms with Crippen LogP contribution < -0.4 is 5.32 Å². The molecule has 2 aliphatic rings. The SMILES string of the molecule is O=C(Nc1ccccc1)N1CCC(C(=O)N2CCC[C@H]2c2cccs2)CC1. The third-order valence-corrected chi connectivity index (χ3v) is 6.54. The number of anilines is 1. The smallest absolute Gasteiger partial charge is 0.321 e. The van der Waals surface area contributed by atoms with Gasteiger partial charge in [-0.3, -0.25) is 4.79 Å². The molecule has 2 fully saturated rings. The highest BCUT2D eigenvalue weighted by Crippen LogP contribution is 2.36. The molecule has 0 saturated carbocycles. The molecule has 3 amide bonds. The van der Waals surface area contributed by atoms with Gasteiger partial charge in [0.25, 0.3) is 0 Å². The van der Waals surface area contributed by atoms with E-state index in [1.807, 2.05) is 35.2 Å².